The van der Waals surface area contributed by atoms with Crippen LogP contribution < -0.4 is 15.5 Å². The molecular weight excluding hydrogens is 310 g/mol. The lowest BCUT2D eigenvalue weighted by Gasteiger charge is -2.22. The van der Waals surface area contributed by atoms with Gasteiger partial charge in [0, 0.05) is 31.0 Å². The van der Waals surface area contributed by atoms with Crippen LogP contribution in [-0.2, 0) is 11.3 Å². The monoisotopic (exact) mass is 339 g/mol. The number of anilines is 2. The average Bonchev–Trinajstić information content (AvgIpc) is 2.61. The van der Waals surface area contributed by atoms with Gasteiger partial charge in [-0.05, 0) is 57.0 Å². The Bertz CT molecular complexity index is 691. The van der Waals surface area contributed by atoms with Crippen molar-refractivity contribution < 1.29 is 4.79 Å². The quantitative estimate of drug-likeness (QED) is 0.767. The van der Waals surface area contributed by atoms with E-state index in [1.807, 2.05) is 12.1 Å². The van der Waals surface area contributed by atoms with Crippen LogP contribution in [-0.4, -0.2) is 25.5 Å². The highest BCUT2D eigenvalue weighted by atomic mass is 16.1. The molecule has 0 saturated heterocycles. The van der Waals surface area contributed by atoms with Crippen LogP contribution in [0, 0.1) is 13.8 Å². The number of rotatable bonds is 8. The van der Waals surface area contributed by atoms with Crippen LogP contribution in [0.1, 0.15) is 30.5 Å². The van der Waals surface area contributed by atoms with Crippen LogP contribution in [0.25, 0.3) is 0 Å². The van der Waals surface area contributed by atoms with E-state index in [2.05, 4.69) is 73.6 Å². The van der Waals surface area contributed by atoms with Gasteiger partial charge < -0.3 is 15.5 Å². The Labute approximate surface area is 151 Å². The zero-order valence-electron chi connectivity index (χ0n) is 15.7. The maximum Gasteiger partial charge on any atom is 0.239 e. The van der Waals surface area contributed by atoms with E-state index in [4.69, 9.17) is 0 Å². The van der Waals surface area contributed by atoms with Gasteiger partial charge in [-0.1, -0.05) is 29.8 Å². The Morgan fingerprint density at radius 1 is 1.00 bits per heavy atom. The molecule has 4 heteroatoms. The van der Waals surface area contributed by atoms with E-state index in [-0.39, 0.29) is 12.5 Å². The highest BCUT2D eigenvalue weighted by molar-refractivity contribution is 5.81. The summed E-state index contributed by atoms with van der Waals surface area (Å²) < 4.78 is 0. The third kappa shape index (κ3) is 5.52. The van der Waals surface area contributed by atoms with Gasteiger partial charge in [-0.2, -0.15) is 0 Å². The Hall–Kier alpha value is -2.49. The Kier molecular flexibility index (Phi) is 6.87. The number of amides is 1. The number of nitrogens with one attached hydrogen (secondary N) is 2. The fourth-order valence-electron chi connectivity index (χ4n) is 2.78. The minimum absolute atomic E-state index is 0.00667. The summed E-state index contributed by atoms with van der Waals surface area (Å²) in [5.41, 5.74) is 5.70. The van der Waals surface area contributed by atoms with Gasteiger partial charge in [-0.3, -0.25) is 4.79 Å². The van der Waals surface area contributed by atoms with Crippen molar-refractivity contribution in [1.82, 2.24) is 5.32 Å². The molecule has 0 aliphatic carbocycles. The molecule has 4 nitrogen and oxygen atoms in total. The van der Waals surface area contributed by atoms with Crippen LogP contribution >= 0.6 is 0 Å². The molecule has 1 amide bonds. The number of carbonyl (C=O) groups excluding carboxylic acids is 1. The van der Waals surface area contributed by atoms with Crippen molar-refractivity contribution in [2.75, 3.05) is 29.9 Å². The van der Waals surface area contributed by atoms with E-state index in [0.29, 0.717) is 6.54 Å². The summed E-state index contributed by atoms with van der Waals surface area (Å²) in [7, 11) is 0. The number of aryl methyl sites for hydroxylation is 2. The summed E-state index contributed by atoms with van der Waals surface area (Å²) in [6.07, 6.45) is 0. The van der Waals surface area contributed by atoms with Crippen LogP contribution in [0.2, 0.25) is 0 Å². The topological polar surface area (TPSA) is 44.4 Å². The lowest BCUT2D eigenvalue weighted by atomic mass is 10.1. The minimum atomic E-state index is -0.00667. The first kappa shape index (κ1) is 18.8. The molecule has 0 saturated carbocycles. The van der Waals surface area contributed by atoms with Crippen LogP contribution in [0.15, 0.2) is 42.5 Å². The van der Waals surface area contributed by atoms with Gasteiger partial charge >= 0.3 is 0 Å². The van der Waals surface area contributed by atoms with Crippen LogP contribution in [0.4, 0.5) is 11.4 Å². The first-order chi connectivity index (χ1) is 12.0. The molecule has 2 N–H and O–H groups in total. The molecule has 0 spiro atoms. The second-order valence-electron chi connectivity index (χ2n) is 6.29. The molecule has 2 aromatic rings. The summed E-state index contributed by atoms with van der Waals surface area (Å²) in [5.74, 6) is -0.00667. The Morgan fingerprint density at radius 3 is 2.28 bits per heavy atom. The molecule has 0 aromatic heterocycles. The van der Waals surface area contributed by atoms with Gasteiger partial charge in [-0.25, -0.2) is 0 Å². The molecular formula is C21H29N3O. The van der Waals surface area contributed by atoms with E-state index in [1.165, 1.54) is 11.3 Å². The second kappa shape index (κ2) is 9.11. The normalized spacial score (nSPS) is 10.4. The first-order valence-electron chi connectivity index (χ1n) is 8.95. The van der Waals surface area contributed by atoms with E-state index in [1.54, 1.807) is 0 Å². The average molecular weight is 339 g/mol. The largest absolute Gasteiger partial charge is 0.376 e. The molecule has 0 aliphatic rings. The molecule has 134 valence electrons. The highest BCUT2D eigenvalue weighted by Crippen LogP contribution is 2.22. The van der Waals surface area contributed by atoms with Crippen LogP contribution in [0.3, 0.4) is 0 Å². The van der Waals surface area contributed by atoms with Gasteiger partial charge in [0.25, 0.3) is 0 Å². The molecule has 0 aliphatic heterocycles. The van der Waals surface area contributed by atoms with E-state index in [9.17, 15) is 4.79 Å². The van der Waals surface area contributed by atoms with Crippen molar-refractivity contribution in [3.63, 3.8) is 0 Å². The molecule has 0 bridgehead atoms. The number of hydrogen-bond acceptors (Lipinski definition) is 3. The van der Waals surface area contributed by atoms with Gasteiger partial charge in [0.2, 0.25) is 5.91 Å². The third-order valence-corrected chi connectivity index (χ3v) is 4.39. The van der Waals surface area contributed by atoms with Crippen molar-refractivity contribution in [3.8, 4) is 0 Å². The summed E-state index contributed by atoms with van der Waals surface area (Å²) in [6, 6.07) is 14.5. The Morgan fingerprint density at radius 2 is 1.68 bits per heavy atom. The first-order valence-corrected chi connectivity index (χ1v) is 8.95. The SMILES string of the molecule is CCN(CC)c1ccc(NCC(=O)NCc2ccc(C)cc2)c(C)c1. The van der Waals surface area contributed by atoms with E-state index >= 15 is 0 Å². The number of carbonyl (C=O) groups is 1. The zero-order valence-corrected chi connectivity index (χ0v) is 15.7. The maximum absolute atomic E-state index is 12.1. The lowest BCUT2D eigenvalue weighted by molar-refractivity contribution is -0.119. The second-order valence-corrected chi connectivity index (χ2v) is 6.29. The standard InChI is InChI=1S/C21H29N3O/c1-5-24(6-2)19-11-12-20(17(4)13-19)22-15-21(25)23-14-18-9-7-16(3)8-10-18/h7-13,22H,5-6,14-15H2,1-4H3,(H,23,25). The number of nitrogens with zero attached hydrogens (tertiary/aromatic N) is 1. The van der Waals surface area contributed by atoms with E-state index in [0.717, 1.165) is 29.9 Å². The minimum Gasteiger partial charge on any atom is -0.376 e. The molecule has 0 atom stereocenters. The van der Waals surface area contributed by atoms with Gasteiger partial charge in [0.05, 0.1) is 6.54 Å². The number of benzene rings is 2. The number of hydrogen-bond donors (Lipinski definition) is 2. The van der Waals surface area contributed by atoms with Gasteiger partial charge in [-0.15, -0.1) is 0 Å². The fourth-order valence-corrected chi connectivity index (χ4v) is 2.78. The van der Waals surface area contributed by atoms with Crippen LogP contribution in [0.5, 0.6) is 0 Å². The molecule has 0 heterocycles. The molecule has 25 heavy (non-hydrogen) atoms. The summed E-state index contributed by atoms with van der Waals surface area (Å²) >= 11 is 0. The smallest absolute Gasteiger partial charge is 0.239 e. The third-order valence-electron chi connectivity index (χ3n) is 4.39. The molecule has 0 radical (unpaired) electrons. The maximum atomic E-state index is 12.1. The molecule has 0 fully saturated rings. The fraction of sp³-hybridized carbons (Fsp3) is 0.381. The lowest BCUT2D eigenvalue weighted by Crippen LogP contribution is -2.29. The predicted octanol–water partition coefficient (Wildman–Crippen LogP) is 3.88. The van der Waals surface area contributed by atoms with Crippen molar-refractivity contribution in [2.24, 2.45) is 0 Å². The zero-order chi connectivity index (χ0) is 18.2. The molecule has 2 aromatic carbocycles. The van der Waals surface area contributed by atoms with Gasteiger partial charge in [0.15, 0.2) is 0 Å². The summed E-state index contributed by atoms with van der Waals surface area (Å²) in [4.78, 5) is 14.4. The van der Waals surface area contributed by atoms with Crippen molar-refractivity contribution in [1.29, 1.82) is 0 Å². The highest BCUT2D eigenvalue weighted by Gasteiger charge is 2.06. The molecule has 2 rings (SSSR count). The predicted molar refractivity (Wildman–Crippen MR) is 106 cm³/mol. The molecule has 0 unspecified atom stereocenters. The van der Waals surface area contributed by atoms with Crippen molar-refractivity contribution in [2.45, 2.75) is 34.2 Å². The van der Waals surface area contributed by atoms with Gasteiger partial charge in [0.1, 0.15) is 0 Å². The summed E-state index contributed by atoms with van der Waals surface area (Å²) in [5, 5.41) is 6.18. The summed E-state index contributed by atoms with van der Waals surface area (Å²) in [6.45, 7) is 11.2. The van der Waals surface area contributed by atoms with Crippen molar-refractivity contribution >= 4 is 17.3 Å². The van der Waals surface area contributed by atoms with Crippen molar-refractivity contribution in [3.05, 3.63) is 59.2 Å². The Balaban J connectivity index is 1.85. The van der Waals surface area contributed by atoms with E-state index < -0.39 is 0 Å².